The molecule has 0 aliphatic carbocycles. The minimum absolute atomic E-state index is 0.226. The van der Waals surface area contributed by atoms with E-state index in [1.165, 1.54) is 11.1 Å². The van der Waals surface area contributed by atoms with Gasteiger partial charge in [0.05, 0.1) is 0 Å². The quantitative estimate of drug-likeness (QED) is 0.885. The number of carbonyl (C=O) groups is 1. The summed E-state index contributed by atoms with van der Waals surface area (Å²) in [6.07, 6.45) is 1.73. The summed E-state index contributed by atoms with van der Waals surface area (Å²) in [6.45, 7) is 6.65. The molecule has 0 spiro atoms. The second-order valence-electron chi connectivity index (χ2n) is 6.64. The first-order valence-corrected chi connectivity index (χ1v) is 8.51. The highest BCUT2D eigenvalue weighted by Gasteiger charge is 2.25. The Bertz CT molecular complexity index is 636. The van der Waals surface area contributed by atoms with E-state index in [9.17, 15) is 9.90 Å². The first-order valence-electron chi connectivity index (χ1n) is 8.51. The van der Waals surface area contributed by atoms with E-state index in [0.29, 0.717) is 13.0 Å². The standard InChI is InChI=1S/C18H25N3O3/c1-12-4-3-5-16(13(12)2)24-15-6-8-21(9-7-15)11-14-10-17(22)20-18(23)19-14/h3-5,15,17,22H,6-11H2,1-2H3,(H,20,23). The number of carbonyl (C=O) groups excluding carboxylic acids is 1. The Kier molecular flexibility index (Phi) is 5.16. The Morgan fingerprint density at radius 2 is 2.08 bits per heavy atom. The van der Waals surface area contributed by atoms with Crippen molar-refractivity contribution in [1.82, 2.24) is 10.2 Å². The van der Waals surface area contributed by atoms with Gasteiger partial charge in [-0.15, -0.1) is 0 Å². The molecule has 130 valence electrons. The van der Waals surface area contributed by atoms with Crippen molar-refractivity contribution in [3.8, 4) is 5.75 Å². The molecule has 24 heavy (non-hydrogen) atoms. The molecule has 2 N–H and O–H groups in total. The van der Waals surface area contributed by atoms with Crippen LogP contribution in [0.4, 0.5) is 4.79 Å². The largest absolute Gasteiger partial charge is 0.490 e. The van der Waals surface area contributed by atoms with Crippen LogP contribution in [0.25, 0.3) is 0 Å². The zero-order chi connectivity index (χ0) is 17.1. The van der Waals surface area contributed by atoms with E-state index < -0.39 is 12.3 Å². The second-order valence-corrected chi connectivity index (χ2v) is 6.64. The van der Waals surface area contributed by atoms with Crippen LogP contribution in [-0.2, 0) is 0 Å². The molecule has 0 aromatic heterocycles. The van der Waals surface area contributed by atoms with Gasteiger partial charge in [0.25, 0.3) is 0 Å². The van der Waals surface area contributed by atoms with Crippen LogP contribution < -0.4 is 10.1 Å². The maximum absolute atomic E-state index is 11.3. The number of aliphatic hydroxyl groups is 1. The summed E-state index contributed by atoms with van der Waals surface area (Å²) in [5.41, 5.74) is 3.20. The van der Waals surface area contributed by atoms with Gasteiger partial charge in [-0.05, 0) is 43.9 Å². The zero-order valence-corrected chi connectivity index (χ0v) is 14.3. The fourth-order valence-corrected chi connectivity index (χ4v) is 3.21. The van der Waals surface area contributed by atoms with Gasteiger partial charge in [0.15, 0.2) is 0 Å². The van der Waals surface area contributed by atoms with Crippen molar-refractivity contribution in [3.05, 3.63) is 29.3 Å². The molecule has 1 atom stereocenters. The Labute approximate surface area is 142 Å². The number of aliphatic imine (C=N–C) groups is 1. The number of benzene rings is 1. The summed E-state index contributed by atoms with van der Waals surface area (Å²) in [7, 11) is 0. The number of amides is 2. The highest BCUT2D eigenvalue weighted by molar-refractivity contribution is 5.98. The van der Waals surface area contributed by atoms with Crippen molar-refractivity contribution in [2.24, 2.45) is 4.99 Å². The van der Waals surface area contributed by atoms with Crippen LogP contribution in [0.1, 0.15) is 30.4 Å². The lowest BCUT2D eigenvalue weighted by atomic mass is 10.1. The highest BCUT2D eigenvalue weighted by Crippen LogP contribution is 2.24. The molecule has 2 heterocycles. The fraction of sp³-hybridized carbons (Fsp3) is 0.556. The van der Waals surface area contributed by atoms with Gasteiger partial charge in [-0.3, -0.25) is 4.90 Å². The van der Waals surface area contributed by atoms with Crippen molar-refractivity contribution >= 4 is 11.7 Å². The predicted molar refractivity (Wildman–Crippen MR) is 92.6 cm³/mol. The molecule has 2 aliphatic rings. The van der Waals surface area contributed by atoms with Crippen LogP contribution in [-0.4, -0.2) is 53.7 Å². The normalized spacial score (nSPS) is 22.9. The van der Waals surface area contributed by atoms with Gasteiger partial charge >= 0.3 is 6.03 Å². The Hall–Kier alpha value is -1.92. The fourth-order valence-electron chi connectivity index (χ4n) is 3.21. The van der Waals surface area contributed by atoms with E-state index in [1.807, 2.05) is 12.1 Å². The topological polar surface area (TPSA) is 74.2 Å². The van der Waals surface area contributed by atoms with Gasteiger partial charge in [-0.1, -0.05) is 12.1 Å². The van der Waals surface area contributed by atoms with Crippen LogP contribution in [0.15, 0.2) is 23.2 Å². The van der Waals surface area contributed by atoms with Crippen molar-refractivity contribution in [2.45, 2.75) is 45.4 Å². The smallest absolute Gasteiger partial charge is 0.342 e. The first kappa shape index (κ1) is 16.9. The summed E-state index contributed by atoms with van der Waals surface area (Å²) < 4.78 is 6.18. The van der Waals surface area contributed by atoms with Gasteiger partial charge in [0.2, 0.25) is 0 Å². The van der Waals surface area contributed by atoms with Gasteiger partial charge in [-0.2, -0.15) is 0 Å². The Morgan fingerprint density at radius 3 is 2.79 bits per heavy atom. The molecule has 0 bridgehead atoms. The number of piperidine rings is 1. The molecular weight excluding hydrogens is 306 g/mol. The number of nitrogens with one attached hydrogen (secondary N) is 1. The van der Waals surface area contributed by atoms with E-state index in [0.717, 1.165) is 37.4 Å². The second kappa shape index (κ2) is 7.32. The van der Waals surface area contributed by atoms with Gasteiger partial charge < -0.3 is 15.2 Å². The number of likely N-dealkylation sites (tertiary alicyclic amines) is 1. The van der Waals surface area contributed by atoms with Crippen LogP contribution >= 0.6 is 0 Å². The lowest BCUT2D eigenvalue weighted by Gasteiger charge is -2.33. The van der Waals surface area contributed by atoms with Crippen molar-refractivity contribution in [3.63, 3.8) is 0 Å². The molecular formula is C18H25N3O3. The Morgan fingerprint density at radius 1 is 1.33 bits per heavy atom. The van der Waals surface area contributed by atoms with Gasteiger partial charge in [0.1, 0.15) is 18.1 Å². The molecule has 1 aromatic rings. The maximum Gasteiger partial charge on any atom is 0.342 e. The number of hydrogen-bond acceptors (Lipinski definition) is 4. The average molecular weight is 331 g/mol. The van der Waals surface area contributed by atoms with E-state index in [4.69, 9.17) is 4.74 Å². The summed E-state index contributed by atoms with van der Waals surface area (Å²) in [4.78, 5) is 17.6. The first-order chi connectivity index (χ1) is 11.5. The molecule has 1 unspecified atom stereocenters. The molecule has 2 aliphatic heterocycles. The molecule has 1 saturated heterocycles. The van der Waals surface area contributed by atoms with E-state index >= 15 is 0 Å². The third kappa shape index (κ3) is 4.13. The monoisotopic (exact) mass is 331 g/mol. The van der Waals surface area contributed by atoms with E-state index in [-0.39, 0.29) is 6.10 Å². The van der Waals surface area contributed by atoms with Gasteiger partial charge in [0, 0.05) is 31.8 Å². The molecule has 2 amide bonds. The van der Waals surface area contributed by atoms with E-state index in [2.05, 4.69) is 35.1 Å². The number of hydrogen-bond donors (Lipinski definition) is 2. The molecule has 3 rings (SSSR count). The van der Waals surface area contributed by atoms with Crippen LogP contribution in [0.5, 0.6) is 5.75 Å². The Balaban J connectivity index is 1.51. The third-order valence-electron chi connectivity index (χ3n) is 4.77. The number of ether oxygens (including phenoxy) is 1. The summed E-state index contributed by atoms with van der Waals surface area (Å²) in [6, 6.07) is 5.72. The maximum atomic E-state index is 11.3. The molecule has 0 radical (unpaired) electrons. The molecule has 6 heteroatoms. The lowest BCUT2D eigenvalue weighted by Crippen LogP contribution is -2.45. The number of urea groups is 1. The van der Waals surface area contributed by atoms with Crippen molar-refractivity contribution in [2.75, 3.05) is 19.6 Å². The number of aliphatic hydroxyl groups excluding tert-OH is 1. The number of aryl methyl sites for hydroxylation is 1. The summed E-state index contributed by atoms with van der Waals surface area (Å²) >= 11 is 0. The zero-order valence-electron chi connectivity index (χ0n) is 14.3. The summed E-state index contributed by atoms with van der Waals surface area (Å²) in [5, 5.41) is 12.0. The van der Waals surface area contributed by atoms with Crippen molar-refractivity contribution < 1.29 is 14.6 Å². The van der Waals surface area contributed by atoms with Gasteiger partial charge in [-0.25, -0.2) is 9.79 Å². The van der Waals surface area contributed by atoms with Crippen LogP contribution in [0, 0.1) is 13.8 Å². The van der Waals surface area contributed by atoms with Crippen molar-refractivity contribution in [1.29, 1.82) is 0 Å². The third-order valence-corrected chi connectivity index (χ3v) is 4.77. The SMILES string of the molecule is Cc1cccc(OC2CCN(CC3=NC(=O)NC(O)C3)CC2)c1C. The van der Waals surface area contributed by atoms with Crippen LogP contribution in [0.2, 0.25) is 0 Å². The van der Waals surface area contributed by atoms with E-state index in [1.54, 1.807) is 0 Å². The lowest BCUT2D eigenvalue weighted by molar-refractivity contribution is 0.106. The number of nitrogens with zero attached hydrogens (tertiary/aromatic N) is 2. The predicted octanol–water partition coefficient (Wildman–Crippen LogP) is 2.02. The molecule has 1 aromatic carbocycles. The minimum Gasteiger partial charge on any atom is -0.490 e. The average Bonchev–Trinajstić information content (AvgIpc) is 2.53. The summed E-state index contributed by atoms with van der Waals surface area (Å²) in [5.74, 6) is 0.977. The van der Waals surface area contributed by atoms with Crippen LogP contribution in [0.3, 0.4) is 0 Å². The highest BCUT2D eigenvalue weighted by atomic mass is 16.5. The number of rotatable bonds is 4. The molecule has 0 saturated carbocycles. The minimum atomic E-state index is -0.810. The molecule has 1 fully saturated rings. The molecule has 6 nitrogen and oxygen atoms in total.